The third kappa shape index (κ3) is 4.64. The number of carbonyl (C=O) groups excluding carboxylic acids is 1. The number of rotatable bonds is 4. The van der Waals surface area contributed by atoms with Gasteiger partial charge in [0, 0.05) is 44.0 Å². The van der Waals surface area contributed by atoms with Crippen LogP contribution in [0.1, 0.15) is 28.1 Å². The Hall–Kier alpha value is -3.12. The van der Waals surface area contributed by atoms with Gasteiger partial charge in [-0.15, -0.1) is 0 Å². The smallest absolute Gasteiger partial charge is 0.321 e. The fourth-order valence-corrected chi connectivity index (χ4v) is 3.90. The van der Waals surface area contributed by atoms with E-state index in [-0.39, 0.29) is 6.03 Å². The topological polar surface area (TPSA) is 61.6 Å². The molecule has 6 nitrogen and oxygen atoms in total. The maximum absolute atomic E-state index is 12.7. The van der Waals surface area contributed by atoms with Crippen molar-refractivity contribution in [3.05, 3.63) is 70.6 Å². The fraction of sp³-hybridized carbons (Fsp3) is 0.360. The summed E-state index contributed by atoms with van der Waals surface area (Å²) in [6.45, 7) is 11.9. The van der Waals surface area contributed by atoms with Gasteiger partial charge in [-0.05, 0) is 56.5 Å². The highest BCUT2D eigenvalue weighted by atomic mass is 16.4. The molecule has 0 radical (unpaired) electrons. The van der Waals surface area contributed by atoms with Crippen molar-refractivity contribution in [2.45, 2.75) is 34.2 Å². The minimum absolute atomic E-state index is 0.0344. The molecule has 1 fully saturated rings. The van der Waals surface area contributed by atoms with Crippen molar-refractivity contribution in [2.24, 2.45) is 0 Å². The molecule has 31 heavy (non-hydrogen) atoms. The Kier molecular flexibility index (Phi) is 6.09. The summed E-state index contributed by atoms with van der Waals surface area (Å²) in [6, 6.07) is 14.1. The molecule has 2 heterocycles. The number of aromatic nitrogens is 1. The van der Waals surface area contributed by atoms with Gasteiger partial charge in [-0.1, -0.05) is 30.3 Å². The Bertz CT molecular complexity index is 1080. The lowest BCUT2D eigenvalue weighted by Crippen LogP contribution is -2.49. The molecule has 1 saturated heterocycles. The van der Waals surface area contributed by atoms with Crippen molar-refractivity contribution >= 4 is 11.7 Å². The molecule has 1 aliphatic heterocycles. The van der Waals surface area contributed by atoms with Crippen LogP contribution in [-0.2, 0) is 6.54 Å². The zero-order valence-electron chi connectivity index (χ0n) is 18.7. The summed E-state index contributed by atoms with van der Waals surface area (Å²) in [4.78, 5) is 21.7. The van der Waals surface area contributed by atoms with E-state index < -0.39 is 0 Å². The molecule has 6 heteroatoms. The second-order valence-corrected chi connectivity index (χ2v) is 8.28. The lowest BCUT2D eigenvalue weighted by Gasteiger charge is -2.34. The van der Waals surface area contributed by atoms with Crippen LogP contribution in [0.25, 0.3) is 11.5 Å². The van der Waals surface area contributed by atoms with Crippen molar-refractivity contribution in [1.82, 2.24) is 14.8 Å². The number of piperazine rings is 1. The van der Waals surface area contributed by atoms with Crippen LogP contribution in [0.15, 0.2) is 46.9 Å². The first kappa shape index (κ1) is 21.1. The van der Waals surface area contributed by atoms with E-state index in [1.54, 1.807) is 0 Å². The molecule has 0 aliphatic carbocycles. The largest absolute Gasteiger partial charge is 0.441 e. The van der Waals surface area contributed by atoms with Gasteiger partial charge in [-0.25, -0.2) is 9.78 Å². The second kappa shape index (κ2) is 8.94. The van der Waals surface area contributed by atoms with Crippen LogP contribution in [0.3, 0.4) is 0 Å². The minimum Gasteiger partial charge on any atom is -0.441 e. The zero-order chi connectivity index (χ0) is 22.0. The number of carbonyl (C=O) groups is 1. The Morgan fingerprint density at radius 3 is 2.42 bits per heavy atom. The van der Waals surface area contributed by atoms with E-state index in [0.29, 0.717) is 19.0 Å². The van der Waals surface area contributed by atoms with Crippen LogP contribution in [0, 0.1) is 27.7 Å². The molecular weight excluding hydrogens is 388 g/mol. The molecule has 4 rings (SSSR count). The normalized spacial score (nSPS) is 14.6. The van der Waals surface area contributed by atoms with Crippen molar-refractivity contribution in [3.8, 4) is 11.5 Å². The van der Waals surface area contributed by atoms with Gasteiger partial charge in [0.1, 0.15) is 5.76 Å². The number of aryl methyl sites for hydroxylation is 3. The summed E-state index contributed by atoms with van der Waals surface area (Å²) < 4.78 is 5.96. The van der Waals surface area contributed by atoms with Crippen LogP contribution in [0.2, 0.25) is 0 Å². The predicted molar refractivity (Wildman–Crippen MR) is 123 cm³/mol. The first-order valence-corrected chi connectivity index (χ1v) is 10.8. The summed E-state index contributed by atoms with van der Waals surface area (Å²) in [7, 11) is 0. The van der Waals surface area contributed by atoms with Crippen molar-refractivity contribution in [1.29, 1.82) is 0 Å². The van der Waals surface area contributed by atoms with Crippen molar-refractivity contribution in [2.75, 3.05) is 31.5 Å². The number of amides is 2. The summed E-state index contributed by atoms with van der Waals surface area (Å²) in [5, 5.41) is 3.06. The Morgan fingerprint density at radius 1 is 0.968 bits per heavy atom. The first-order valence-electron chi connectivity index (χ1n) is 10.8. The molecule has 0 bridgehead atoms. The molecule has 2 aromatic carbocycles. The molecule has 1 aromatic heterocycles. The molecule has 1 aliphatic rings. The summed E-state index contributed by atoms with van der Waals surface area (Å²) in [5.74, 6) is 1.53. The third-order valence-corrected chi connectivity index (χ3v) is 6.15. The highest BCUT2D eigenvalue weighted by molar-refractivity contribution is 5.90. The van der Waals surface area contributed by atoms with Crippen LogP contribution >= 0.6 is 0 Å². The zero-order valence-corrected chi connectivity index (χ0v) is 18.7. The predicted octanol–water partition coefficient (Wildman–Crippen LogP) is 4.92. The Morgan fingerprint density at radius 2 is 1.68 bits per heavy atom. The highest BCUT2D eigenvalue weighted by Gasteiger charge is 2.23. The van der Waals surface area contributed by atoms with Gasteiger partial charge in [0.15, 0.2) is 0 Å². The Labute approximate surface area is 183 Å². The number of benzene rings is 2. The van der Waals surface area contributed by atoms with Gasteiger partial charge in [0.25, 0.3) is 0 Å². The Balaban J connectivity index is 1.35. The van der Waals surface area contributed by atoms with E-state index in [2.05, 4.69) is 36.2 Å². The third-order valence-electron chi connectivity index (χ3n) is 6.15. The standard InChI is InChI=1S/C25H30N4O2/c1-17-9-7-11-22(19(17)3)27-25(30)29-14-12-28(13-15-29)16-23-20(4)31-24(26-23)21-10-6-5-8-18(21)2/h5-11H,12-16H2,1-4H3,(H,27,30). The lowest BCUT2D eigenvalue weighted by molar-refractivity contribution is 0.141. The number of anilines is 1. The van der Waals surface area contributed by atoms with Gasteiger partial charge in [0.2, 0.25) is 5.89 Å². The average Bonchev–Trinajstić information content (AvgIpc) is 3.12. The van der Waals surface area contributed by atoms with Gasteiger partial charge in [-0.3, -0.25) is 4.90 Å². The van der Waals surface area contributed by atoms with Crippen LogP contribution in [0.5, 0.6) is 0 Å². The maximum atomic E-state index is 12.7. The maximum Gasteiger partial charge on any atom is 0.321 e. The van der Waals surface area contributed by atoms with Crippen molar-refractivity contribution < 1.29 is 9.21 Å². The fourth-order valence-electron chi connectivity index (χ4n) is 3.90. The molecule has 0 saturated carbocycles. The molecule has 0 spiro atoms. The number of nitrogens with one attached hydrogen (secondary N) is 1. The molecule has 3 aromatic rings. The van der Waals surface area contributed by atoms with Gasteiger partial charge in [0.05, 0.1) is 5.69 Å². The lowest BCUT2D eigenvalue weighted by atomic mass is 10.1. The van der Waals surface area contributed by atoms with Crippen LogP contribution in [-0.4, -0.2) is 47.0 Å². The van der Waals surface area contributed by atoms with Gasteiger partial charge < -0.3 is 14.6 Å². The molecule has 0 atom stereocenters. The number of oxazole rings is 1. The highest BCUT2D eigenvalue weighted by Crippen LogP contribution is 2.25. The first-order chi connectivity index (χ1) is 14.9. The van der Waals surface area contributed by atoms with Crippen LogP contribution < -0.4 is 5.32 Å². The SMILES string of the molecule is Cc1ccccc1-c1nc(CN2CCN(C(=O)Nc3cccc(C)c3C)CC2)c(C)o1. The number of urea groups is 1. The van der Waals surface area contributed by atoms with E-state index in [9.17, 15) is 4.79 Å². The van der Waals surface area contributed by atoms with Gasteiger partial charge in [-0.2, -0.15) is 0 Å². The van der Waals surface area contributed by atoms with Crippen molar-refractivity contribution in [3.63, 3.8) is 0 Å². The van der Waals surface area contributed by atoms with Crippen LogP contribution in [0.4, 0.5) is 10.5 Å². The number of hydrogen-bond acceptors (Lipinski definition) is 4. The minimum atomic E-state index is -0.0344. The van der Waals surface area contributed by atoms with E-state index in [1.165, 1.54) is 5.56 Å². The average molecular weight is 419 g/mol. The molecular formula is C25H30N4O2. The molecule has 2 amide bonds. The summed E-state index contributed by atoms with van der Waals surface area (Å²) in [5.41, 5.74) is 6.32. The van der Waals surface area contributed by atoms with E-state index >= 15 is 0 Å². The number of hydrogen-bond donors (Lipinski definition) is 1. The molecule has 1 N–H and O–H groups in total. The second-order valence-electron chi connectivity index (χ2n) is 8.28. The van der Waals surface area contributed by atoms with E-state index in [4.69, 9.17) is 9.40 Å². The quantitative estimate of drug-likeness (QED) is 0.653. The number of nitrogens with zero attached hydrogens (tertiary/aromatic N) is 3. The van der Waals surface area contributed by atoms with E-state index in [1.807, 2.05) is 49.1 Å². The summed E-state index contributed by atoms with van der Waals surface area (Å²) in [6.07, 6.45) is 0. The van der Waals surface area contributed by atoms with E-state index in [0.717, 1.165) is 53.5 Å². The molecule has 162 valence electrons. The molecule has 0 unspecified atom stereocenters. The van der Waals surface area contributed by atoms with Gasteiger partial charge >= 0.3 is 6.03 Å². The summed E-state index contributed by atoms with van der Waals surface area (Å²) >= 11 is 0. The monoisotopic (exact) mass is 418 g/mol.